The number of hydrogen-bond acceptors (Lipinski definition) is 4. The van der Waals surface area contributed by atoms with Gasteiger partial charge in [0.2, 0.25) is 11.8 Å². The molecule has 0 heterocycles. The van der Waals surface area contributed by atoms with Gasteiger partial charge in [-0.05, 0) is 48.9 Å². The van der Waals surface area contributed by atoms with Crippen LogP contribution in [0.15, 0.2) is 60.7 Å². The standard InChI is InChI=1S/C38H58N4O4/c1-29(2)33(41-35(43)31-23-17-15-18-24-31)37(45)39-27-21-13-11-9-7-5-6-8-10-12-14-22-28-40-38(46)34(30(3)4)42-36(44)32-25-19-16-20-26-32/h15-20,23-26,29-30,33-34H,5-14,21-22,27-28H2,1-4H3,(H,39,45)(H,40,46)(H,41,43)(H,42,44)/t33-,34-/m0/s1. The van der Waals surface area contributed by atoms with Crippen LogP contribution in [0.4, 0.5) is 0 Å². The van der Waals surface area contributed by atoms with Crippen molar-refractivity contribution < 1.29 is 19.2 Å². The van der Waals surface area contributed by atoms with Gasteiger partial charge in [-0.3, -0.25) is 19.2 Å². The summed E-state index contributed by atoms with van der Waals surface area (Å²) in [4.78, 5) is 50.3. The summed E-state index contributed by atoms with van der Waals surface area (Å²) in [5.41, 5.74) is 1.12. The second-order valence-electron chi connectivity index (χ2n) is 12.9. The molecule has 2 aromatic rings. The Morgan fingerprint density at radius 2 is 0.739 bits per heavy atom. The van der Waals surface area contributed by atoms with Crippen LogP contribution in [0, 0.1) is 11.8 Å². The van der Waals surface area contributed by atoms with E-state index in [1.807, 2.05) is 64.1 Å². The largest absolute Gasteiger partial charge is 0.354 e. The molecule has 0 aromatic heterocycles. The van der Waals surface area contributed by atoms with Crippen molar-refractivity contribution in [1.82, 2.24) is 21.3 Å². The fraction of sp³-hybridized carbons (Fsp3) is 0.579. The van der Waals surface area contributed by atoms with E-state index in [9.17, 15) is 19.2 Å². The van der Waals surface area contributed by atoms with Crippen molar-refractivity contribution in [2.75, 3.05) is 13.1 Å². The van der Waals surface area contributed by atoms with Crippen LogP contribution < -0.4 is 21.3 Å². The highest BCUT2D eigenvalue weighted by molar-refractivity contribution is 5.98. The third kappa shape index (κ3) is 15.5. The van der Waals surface area contributed by atoms with Gasteiger partial charge in [0.05, 0.1) is 0 Å². The van der Waals surface area contributed by atoms with Crippen LogP contribution in [0.1, 0.15) is 125 Å². The SMILES string of the molecule is CC(C)[C@H](NC(=O)c1ccccc1)C(=O)NCCCCCCCCCCCCCCNC(=O)[C@@H](NC(=O)c1ccccc1)C(C)C. The van der Waals surface area contributed by atoms with Crippen LogP contribution in [0.3, 0.4) is 0 Å². The number of rotatable bonds is 23. The summed E-state index contributed by atoms with van der Waals surface area (Å²) < 4.78 is 0. The first-order valence-corrected chi connectivity index (χ1v) is 17.5. The number of nitrogens with one attached hydrogen (secondary N) is 4. The second kappa shape index (κ2) is 22.8. The van der Waals surface area contributed by atoms with E-state index in [0.717, 1.165) is 25.7 Å². The lowest BCUT2D eigenvalue weighted by Crippen LogP contribution is -2.49. The predicted octanol–water partition coefficient (Wildman–Crippen LogP) is 6.81. The maximum absolute atomic E-state index is 12.7. The molecule has 46 heavy (non-hydrogen) atoms. The molecule has 0 radical (unpaired) electrons. The average molecular weight is 635 g/mol. The minimum absolute atomic E-state index is 0.00496. The molecule has 2 atom stereocenters. The van der Waals surface area contributed by atoms with Gasteiger partial charge in [0, 0.05) is 24.2 Å². The van der Waals surface area contributed by atoms with Crippen LogP contribution in [0.2, 0.25) is 0 Å². The van der Waals surface area contributed by atoms with E-state index in [4.69, 9.17) is 0 Å². The Kier molecular flexibility index (Phi) is 19.1. The smallest absolute Gasteiger partial charge is 0.251 e. The van der Waals surface area contributed by atoms with Gasteiger partial charge < -0.3 is 21.3 Å². The highest BCUT2D eigenvalue weighted by Gasteiger charge is 2.25. The van der Waals surface area contributed by atoms with Crippen molar-refractivity contribution in [3.63, 3.8) is 0 Å². The third-order valence-electron chi connectivity index (χ3n) is 8.25. The number of unbranched alkanes of at least 4 members (excludes halogenated alkanes) is 11. The Labute approximate surface area is 277 Å². The van der Waals surface area contributed by atoms with E-state index in [1.54, 1.807) is 24.3 Å². The predicted molar refractivity (Wildman–Crippen MR) is 186 cm³/mol. The molecule has 0 aliphatic rings. The Bertz CT molecular complexity index is 1060. The summed E-state index contributed by atoms with van der Waals surface area (Å²) in [6, 6.07) is 16.9. The summed E-state index contributed by atoms with van der Waals surface area (Å²) in [5, 5.41) is 11.8. The molecule has 0 aliphatic carbocycles. The zero-order valence-electron chi connectivity index (χ0n) is 28.6. The van der Waals surface area contributed by atoms with Crippen LogP contribution in [-0.2, 0) is 9.59 Å². The van der Waals surface area contributed by atoms with E-state index in [2.05, 4.69) is 21.3 Å². The number of hydrogen-bond donors (Lipinski definition) is 4. The fourth-order valence-electron chi connectivity index (χ4n) is 5.36. The van der Waals surface area contributed by atoms with Gasteiger partial charge in [-0.15, -0.1) is 0 Å². The molecular weight excluding hydrogens is 576 g/mol. The average Bonchev–Trinajstić information content (AvgIpc) is 3.05. The molecule has 0 fully saturated rings. The van der Waals surface area contributed by atoms with Crippen molar-refractivity contribution in [2.24, 2.45) is 11.8 Å². The Hall–Kier alpha value is -3.68. The lowest BCUT2D eigenvalue weighted by molar-refractivity contribution is -0.124. The monoisotopic (exact) mass is 634 g/mol. The zero-order valence-corrected chi connectivity index (χ0v) is 28.6. The van der Waals surface area contributed by atoms with E-state index in [-0.39, 0.29) is 35.5 Å². The van der Waals surface area contributed by atoms with E-state index in [1.165, 1.54) is 51.4 Å². The minimum Gasteiger partial charge on any atom is -0.354 e. The second-order valence-corrected chi connectivity index (χ2v) is 12.9. The molecule has 4 amide bonds. The van der Waals surface area contributed by atoms with Crippen LogP contribution in [-0.4, -0.2) is 48.8 Å². The van der Waals surface area contributed by atoms with Crippen LogP contribution in [0.5, 0.6) is 0 Å². The lowest BCUT2D eigenvalue weighted by atomic mass is 10.0. The van der Waals surface area contributed by atoms with Gasteiger partial charge in [-0.25, -0.2) is 0 Å². The molecular formula is C38H58N4O4. The normalized spacial score (nSPS) is 12.4. The first kappa shape index (κ1) is 38.5. The summed E-state index contributed by atoms with van der Waals surface area (Å²) >= 11 is 0. The molecule has 2 aromatic carbocycles. The Morgan fingerprint density at radius 1 is 0.457 bits per heavy atom. The fourth-order valence-corrected chi connectivity index (χ4v) is 5.36. The van der Waals surface area contributed by atoms with Gasteiger partial charge >= 0.3 is 0 Å². The number of carbonyl (C=O) groups is 4. The van der Waals surface area contributed by atoms with Gasteiger partial charge in [0.1, 0.15) is 12.1 Å². The highest BCUT2D eigenvalue weighted by atomic mass is 16.2. The lowest BCUT2D eigenvalue weighted by Gasteiger charge is -2.21. The van der Waals surface area contributed by atoms with Crippen LogP contribution in [0.25, 0.3) is 0 Å². The molecule has 254 valence electrons. The third-order valence-corrected chi connectivity index (χ3v) is 8.25. The summed E-state index contributed by atoms with van der Waals surface area (Å²) in [6.45, 7) is 9.04. The quantitative estimate of drug-likeness (QED) is 0.101. The first-order chi connectivity index (χ1) is 22.2. The minimum atomic E-state index is -0.544. The molecule has 0 aliphatic heterocycles. The van der Waals surface area contributed by atoms with Crippen molar-refractivity contribution in [3.05, 3.63) is 71.8 Å². The number of benzene rings is 2. The molecule has 0 bridgehead atoms. The van der Waals surface area contributed by atoms with E-state index < -0.39 is 12.1 Å². The summed E-state index contributed by atoms with van der Waals surface area (Å²) in [6.07, 6.45) is 13.9. The molecule has 0 saturated carbocycles. The Morgan fingerprint density at radius 3 is 1.02 bits per heavy atom. The molecule has 0 spiro atoms. The molecule has 2 rings (SSSR count). The van der Waals surface area contributed by atoms with E-state index >= 15 is 0 Å². The first-order valence-electron chi connectivity index (χ1n) is 17.5. The van der Waals surface area contributed by atoms with Crippen LogP contribution >= 0.6 is 0 Å². The molecule has 4 N–H and O–H groups in total. The summed E-state index contributed by atoms with van der Waals surface area (Å²) in [7, 11) is 0. The topological polar surface area (TPSA) is 116 Å². The van der Waals surface area contributed by atoms with Crippen molar-refractivity contribution in [1.29, 1.82) is 0 Å². The van der Waals surface area contributed by atoms with Crippen molar-refractivity contribution in [3.8, 4) is 0 Å². The maximum Gasteiger partial charge on any atom is 0.251 e. The zero-order chi connectivity index (χ0) is 33.6. The highest BCUT2D eigenvalue weighted by Crippen LogP contribution is 2.12. The molecule has 8 nitrogen and oxygen atoms in total. The van der Waals surface area contributed by atoms with Crippen molar-refractivity contribution >= 4 is 23.6 Å². The molecule has 8 heteroatoms. The van der Waals surface area contributed by atoms with Gasteiger partial charge in [0.25, 0.3) is 11.8 Å². The number of carbonyl (C=O) groups excluding carboxylic acids is 4. The van der Waals surface area contributed by atoms with Gasteiger partial charge in [-0.1, -0.05) is 128 Å². The molecule has 0 saturated heterocycles. The summed E-state index contributed by atoms with van der Waals surface area (Å²) in [5.74, 6) is -0.671. The van der Waals surface area contributed by atoms with E-state index in [0.29, 0.717) is 24.2 Å². The van der Waals surface area contributed by atoms with Gasteiger partial charge in [-0.2, -0.15) is 0 Å². The maximum atomic E-state index is 12.7. The van der Waals surface area contributed by atoms with Crippen molar-refractivity contribution in [2.45, 2.75) is 117 Å². The number of amides is 4. The molecule has 0 unspecified atom stereocenters. The van der Waals surface area contributed by atoms with Gasteiger partial charge in [0.15, 0.2) is 0 Å². The Balaban J connectivity index is 1.42.